The Bertz CT molecular complexity index is 368. The summed E-state index contributed by atoms with van der Waals surface area (Å²) in [6.45, 7) is 3.27. The van der Waals surface area contributed by atoms with Gasteiger partial charge in [0.2, 0.25) is 0 Å². The highest BCUT2D eigenvalue weighted by Gasteiger charge is 2.37. The van der Waals surface area contributed by atoms with Gasteiger partial charge in [0.25, 0.3) is 0 Å². The van der Waals surface area contributed by atoms with Gasteiger partial charge in [0.1, 0.15) is 11.5 Å². The third-order valence-electron chi connectivity index (χ3n) is 3.74. The zero-order valence-electron chi connectivity index (χ0n) is 10.2. The molecule has 1 heterocycles. The molecule has 0 saturated carbocycles. The fourth-order valence-corrected chi connectivity index (χ4v) is 2.64. The van der Waals surface area contributed by atoms with Crippen LogP contribution in [0.1, 0.15) is 31.7 Å². The van der Waals surface area contributed by atoms with Crippen LogP contribution in [-0.2, 0) is 5.67 Å². The zero-order valence-corrected chi connectivity index (χ0v) is 10.2. The lowest BCUT2D eigenvalue weighted by Gasteiger charge is -2.30. The predicted octanol–water partition coefficient (Wildman–Crippen LogP) is 3.40. The van der Waals surface area contributed by atoms with E-state index >= 15 is 0 Å². The summed E-state index contributed by atoms with van der Waals surface area (Å²) >= 11 is 0. The predicted molar refractivity (Wildman–Crippen MR) is 65.1 cm³/mol. The molecule has 0 spiro atoms. The van der Waals surface area contributed by atoms with Gasteiger partial charge in [-0.1, -0.05) is 18.2 Å². The van der Waals surface area contributed by atoms with Crippen molar-refractivity contribution in [3.63, 3.8) is 0 Å². The van der Waals surface area contributed by atoms with Crippen molar-refractivity contribution in [1.29, 1.82) is 0 Å². The van der Waals surface area contributed by atoms with E-state index in [1.54, 1.807) is 18.2 Å². The molecule has 1 aliphatic rings. The summed E-state index contributed by atoms with van der Waals surface area (Å²) in [5, 5.41) is 3.25. The Hall–Kier alpha value is -0.960. The summed E-state index contributed by atoms with van der Waals surface area (Å²) in [5.74, 6) is -0.538. The highest BCUT2D eigenvalue weighted by Crippen LogP contribution is 2.39. The van der Waals surface area contributed by atoms with Crippen LogP contribution in [0.3, 0.4) is 0 Å². The molecule has 2 unspecified atom stereocenters. The smallest absolute Gasteiger partial charge is 0.138 e. The van der Waals surface area contributed by atoms with E-state index in [2.05, 4.69) is 5.32 Å². The lowest BCUT2D eigenvalue weighted by Crippen LogP contribution is -2.29. The summed E-state index contributed by atoms with van der Waals surface area (Å²) in [7, 11) is 0. The van der Waals surface area contributed by atoms with Crippen LogP contribution >= 0.6 is 0 Å². The molecule has 0 aromatic heterocycles. The SMILES string of the molecule is CC(F)(c1ccccc1F)C1CCCNCC1. The number of benzene rings is 1. The van der Waals surface area contributed by atoms with Crippen LogP contribution in [0.25, 0.3) is 0 Å². The second kappa shape index (κ2) is 5.13. The summed E-state index contributed by atoms with van der Waals surface area (Å²) in [4.78, 5) is 0. The molecule has 1 N–H and O–H groups in total. The van der Waals surface area contributed by atoms with Gasteiger partial charge >= 0.3 is 0 Å². The second-order valence-electron chi connectivity index (χ2n) is 4.93. The zero-order chi connectivity index (χ0) is 12.3. The molecule has 1 aliphatic heterocycles. The van der Waals surface area contributed by atoms with Crippen molar-refractivity contribution in [2.45, 2.75) is 31.9 Å². The molecule has 2 atom stereocenters. The molecule has 0 amide bonds. The van der Waals surface area contributed by atoms with Crippen molar-refractivity contribution >= 4 is 0 Å². The van der Waals surface area contributed by atoms with E-state index in [0.29, 0.717) is 0 Å². The first-order valence-corrected chi connectivity index (χ1v) is 6.27. The van der Waals surface area contributed by atoms with Crippen molar-refractivity contribution in [1.82, 2.24) is 5.32 Å². The van der Waals surface area contributed by atoms with E-state index in [4.69, 9.17) is 0 Å². The maximum absolute atomic E-state index is 14.9. The lowest BCUT2D eigenvalue weighted by molar-refractivity contribution is 0.0866. The van der Waals surface area contributed by atoms with E-state index < -0.39 is 11.5 Å². The van der Waals surface area contributed by atoms with Gasteiger partial charge in [-0.15, -0.1) is 0 Å². The van der Waals surface area contributed by atoms with Crippen LogP contribution < -0.4 is 5.32 Å². The molecule has 2 rings (SSSR count). The Morgan fingerprint density at radius 2 is 2.00 bits per heavy atom. The molecule has 3 heteroatoms. The number of hydrogen-bond acceptors (Lipinski definition) is 1. The Kier molecular flexibility index (Phi) is 3.77. The Morgan fingerprint density at radius 3 is 2.76 bits per heavy atom. The summed E-state index contributed by atoms with van der Waals surface area (Å²) in [5.41, 5.74) is -1.37. The van der Waals surface area contributed by atoms with E-state index in [9.17, 15) is 8.78 Å². The Labute approximate surface area is 101 Å². The lowest BCUT2D eigenvalue weighted by atomic mass is 9.80. The van der Waals surface area contributed by atoms with Crippen molar-refractivity contribution < 1.29 is 8.78 Å². The third kappa shape index (κ3) is 2.65. The summed E-state index contributed by atoms with van der Waals surface area (Å²) in [6, 6.07) is 6.20. The highest BCUT2D eigenvalue weighted by molar-refractivity contribution is 5.24. The van der Waals surface area contributed by atoms with Gasteiger partial charge in [-0.05, 0) is 51.3 Å². The van der Waals surface area contributed by atoms with Crippen LogP contribution in [0.5, 0.6) is 0 Å². The number of nitrogens with one attached hydrogen (secondary N) is 1. The van der Waals surface area contributed by atoms with Crippen LogP contribution in [-0.4, -0.2) is 13.1 Å². The first kappa shape index (κ1) is 12.5. The quantitative estimate of drug-likeness (QED) is 0.834. The largest absolute Gasteiger partial charge is 0.317 e. The number of hydrogen-bond donors (Lipinski definition) is 1. The molecule has 0 bridgehead atoms. The van der Waals surface area contributed by atoms with Crippen molar-refractivity contribution in [2.24, 2.45) is 5.92 Å². The minimum Gasteiger partial charge on any atom is -0.317 e. The van der Waals surface area contributed by atoms with Crippen molar-refractivity contribution in [3.8, 4) is 0 Å². The molecule has 1 aromatic rings. The average Bonchev–Trinajstić information content (AvgIpc) is 2.58. The number of halogens is 2. The minimum atomic E-state index is -1.57. The van der Waals surface area contributed by atoms with Gasteiger partial charge < -0.3 is 5.32 Å². The first-order valence-electron chi connectivity index (χ1n) is 6.27. The van der Waals surface area contributed by atoms with Crippen LogP contribution in [0.2, 0.25) is 0 Å². The first-order chi connectivity index (χ1) is 8.12. The Balaban J connectivity index is 2.25. The normalized spacial score (nSPS) is 25.0. The molecule has 0 radical (unpaired) electrons. The van der Waals surface area contributed by atoms with Gasteiger partial charge in [0.15, 0.2) is 0 Å². The molecule has 1 saturated heterocycles. The molecule has 1 fully saturated rings. The van der Waals surface area contributed by atoms with Crippen molar-refractivity contribution in [2.75, 3.05) is 13.1 Å². The molecule has 0 aliphatic carbocycles. The minimum absolute atomic E-state index is 0.102. The number of rotatable bonds is 2. The fourth-order valence-electron chi connectivity index (χ4n) is 2.64. The topological polar surface area (TPSA) is 12.0 Å². The van der Waals surface area contributed by atoms with Gasteiger partial charge in [-0.2, -0.15) is 0 Å². The molecular formula is C14H19F2N. The molecular weight excluding hydrogens is 220 g/mol. The van der Waals surface area contributed by atoms with Gasteiger partial charge in [0, 0.05) is 5.56 Å². The van der Waals surface area contributed by atoms with E-state index in [1.165, 1.54) is 13.0 Å². The van der Waals surface area contributed by atoms with E-state index in [0.717, 1.165) is 32.4 Å². The molecule has 94 valence electrons. The van der Waals surface area contributed by atoms with E-state index in [1.807, 2.05) is 0 Å². The van der Waals surface area contributed by atoms with Gasteiger partial charge in [-0.3, -0.25) is 0 Å². The molecule has 1 aromatic carbocycles. The summed E-state index contributed by atoms with van der Waals surface area (Å²) in [6.07, 6.45) is 2.54. The number of alkyl halides is 1. The summed E-state index contributed by atoms with van der Waals surface area (Å²) < 4.78 is 28.6. The Morgan fingerprint density at radius 1 is 1.24 bits per heavy atom. The molecule has 17 heavy (non-hydrogen) atoms. The fraction of sp³-hybridized carbons (Fsp3) is 0.571. The third-order valence-corrected chi connectivity index (χ3v) is 3.74. The highest BCUT2D eigenvalue weighted by atomic mass is 19.1. The van der Waals surface area contributed by atoms with Crippen molar-refractivity contribution in [3.05, 3.63) is 35.6 Å². The maximum Gasteiger partial charge on any atom is 0.138 e. The van der Waals surface area contributed by atoms with Gasteiger partial charge in [-0.25, -0.2) is 8.78 Å². The van der Waals surface area contributed by atoms with Crippen LogP contribution in [0.4, 0.5) is 8.78 Å². The standard InChI is InChI=1S/C14H19F2N/c1-14(16,11-5-4-9-17-10-8-11)12-6-2-3-7-13(12)15/h2-3,6-7,11,17H,4-5,8-10H2,1H3. The second-order valence-corrected chi connectivity index (χ2v) is 4.93. The maximum atomic E-state index is 14.9. The molecule has 1 nitrogen and oxygen atoms in total. The van der Waals surface area contributed by atoms with Gasteiger partial charge in [0.05, 0.1) is 0 Å². The van der Waals surface area contributed by atoms with Crippen LogP contribution in [0, 0.1) is 11.7 Å². The van der Waals surface area contributed by atoms with Crippen LogP contribution in [0.15, 0.2) is 24.3 Å². The monoisotopic (exact) mass is 239 g/mol. The van der Waals surface area contributed by atoms with E-state index in [-0.39, 0.29) is 11.5 Å². The average molecular weight is 239 g/mol.